The molecule has 0 aromatic heterocycles. The molecule has 0 saturated heterocycles. The molecule has 3 aromatic carbocycles. The third-order valence-electron chi connectivity index (χ3n) is 4.12. The molecule has 0 aliphatic carbocycles. The third kappa shape index (κ3) is 3.55. The molecule has 0 saturated carbocycles. The molecule has 0 unspecified atom stereocenters. The van der Waals surface area contributed by atoms with Crippen molar-refractivity contribution < 1.29 is 26.3 Å². The number of nitrogens with two attached hydrogens (primary N) is 1. The van der Waals surface area contributed by atoms with Gasteiger partial charge >= 0.3 is 0 Å². The van der Waals surface area contributed by atoms with E-state index in [4.69, 9.17) is 5.73 Å². The summed E-state index contributed by atoms with van der Waals surface area (Å²) in [5.74, 6) is -8.79. The van der Waals surface area contributed by atoms with E-state index in [-0.39, 0.29) is 28.8 Å². The van der Waals surface area contributed by atoms with E-state index in [0.29, 0.717) is 12.0 Å². The van der Waals surface area contributed by atoms with Gasteiger partial charge in [0.1, 0.15) is 0 Å². The minimum atomic E-state index is -1.64. The SMILES string of the molecule is NCCc1cc(-c2ccc(F)c(F)c2F)cc(-c2ccc(F)c(F)c2F)c1. The Morgan fingerprint density at radius 3 is 1.44 bits per heavy atom. The van der Waals surface area contributed by atoms with Crippen molar-refractivity contribution in [1.29, 1.82) is 0 Å². The Balaban J connectivity index is 2.23. The highest BCUT2D eigenvalue weighted by atomic mass is 19.2. The molecular weight excluding hydrogens is 368 g/mol. The fraction of sp³-hybridized carbons (Fsp3) is 0.100. The Kier molecular flexibility index (Phi) is 5.23. The summed E-state index contributed by atoms with van der Waals surface area (Å²) in [4.78, 5) is 0. The van der Waals surface area contributed by atoms with E-state index in [2.05, 4.69) is 0 Å². The Hall–Kier alpha value is -2.80. The first-order valence-electron chi connectivity index (χ1n) is 7.95. The molecule has 27 heavy (non-hydrogen) atoms. The predicted octanol–water partition coefficient (Wildman–Crippen LogP) is 5.36. The van der Waals surface area contributed by atoms with Crippen LogP contribution in [-0.4, -0.2) is 6.54 Å². The van der Waals surface area contributed by atoms with Crippen LogP contribution in [0.25, 0.3) is 22.3 Å². The molecule has 2 N–H and O–H groups in total. The lowest BCUT2D eigenvalue weighted by molar-refractivity contribution is 0.449. The van der Waals surface area contributed by atoms with Crippen molar-refractivity contribution in [2.24, 2.45) is 5.73 Å². The van der Waals surface area contributed by atoms with Crippen LogP contribution in [0, 0.1) is 34.9 Å². The highest BCUT2D eigenvalue weighted by molar-refractivity contribution is 5.75. The molecule has 3 aromatic rings. The molecule has 0 aliphatic rings. The highest BCUT2D eigenvalue weighted by Gasteiger charge is 2.19. The van der Waals surface area contributed by atoms with Crippen LogP contribution in [-0.2, 0) is 6.42 Å². The summed E-state index contributed by atoms with van der Waals surface area (Å²) in [5.41, 5.74) is 5.80. The third-order valence-corrected chi connectivity index (χ3v) is 4.12. The standard InChI is InChI=1S/C20H13F6N/c21-15-3-1-13(17(23)19(15)25)11-7-10(5-6-27)8-12(9-11)14-2-4-16(22)20(26)18(14)24/h1-4,7-9H,5-6,27H2. The fourth-order valence-electron chi connectivity index (χ4n) is 2.81. The molecule has 7 heteroatoms. The summed E-state index contributed by atoms with van der Waals surface area (Å²) in [6, 6.07) is 7.88. The van der Waals surface area contributed by atoms with Gasteiger partial charge < -0.3 is 5.73 Å². The first kappa shape index (κ1) is 19.0. The average molecular weight is 381 g/mol. The number of rotatable bonds is 4. The average Bonchev–Trinajstić information content (AvgIpc) is 2.64. The monoisotopic (exact) mass is 381 g/mol. The molecule has 0 atom stereocenters. The van der Waals surface area contributed by atoms with E-state index < -0.39 is 34.9 Å². The van der Waals surface area contributed by atoms with Crippen molar-refractivity contribution >= 4 is 0 Å². The molecular formula is C20H13F6N. The molecule has 0 spiro atoms. The van der Waals surface area contributed by atoms with E-state index >= 15 is 0 Å². The maximum absolute atomic E-state index is 14.2. The van der Waals surface area contributed by atoms with Gasteiger partial charge in [-0.25, -0.2) is 26.3 Å². The Morgan fingerprint density at radius 1 is 0.593 bits per heavy atom. The summed E-state index contributed by atoms with van der Waals surface area (Å²) in [7, 11) is 0. The van der Waals surface area contributed by atoms with Crippen LogP contribution >= 0.6 is 0 Å². The zero-order valence-corrected chi connectivity index (χ0v) is 13.8. The maximum atomic E-state index is 14.2. The van der Waals surface area contributed by atoms with Crippen molar-refractivity contribution in [3.05, 3.63) is 82.9 Å². The van der Waals surface area contributed by atoms with Crippen LogP contribution in [0.3, 0.4) is 0 Å². The molecule has 0 amide bonds. The van der Waals surface area contributed by atoms with Crippen LogP contribution in [0.2, 0.25) is 0 Å². The van der Waals surface area contributed by atoms with Crippen molar-refractivity contribution in [2.45, 2.75) is 6.42 Å². The van der Waals surface area contributed by atoms with Gasteiger partial charge in [0.25, 0.3) is 0 Å². The molecule has 0 radical (unpaired) electrons. The van der Waals surface area contributed by atoms with Gasteiger partial charge in [-0.1, -0.05) is 12.1 Å². The van der Waals surface area contributed by atoms with Gasteiger partial charge in [0.15, 0.2) is 34.9 Å². The summed E-state index contributed by atoms with van der Waals surface area (Å²) < 4.78 is 81.9. The summed E-state index contributed by atoms with van der Waals surface area (Å²) >= 11 is 0. The van der Waals surface area contributed by atoms with Crippen LogP contribution in [0.1, 0.15) is 5.56 Å². The lowest BCUT2D eigenvalue weighted by Gasteiger charge is -2.12. The van der Waals surface area contributed by atoms with E-state index in [9.17, 15) is 26.3 Å². The van der Waals surface area contributed by atoms with Gasteiger partial charge in [-0.3, -0.25) is 0 Å². The van der Waals surface area contributed by atoms with Gasteiger partial charge in [-0.15, -0.1) is 0 Å². The van der Waals surface area contributed by atoms with Gasteiger partial charge in [-0.05, 0) is 60.0 Å². The van der Waals surface area contributed by atoms with Gasteiger partial charge in [0.2, 0.25) is 0 Å². The smallest absolute Gasteiger partial charge is 0.195 e. The summed E-state index contributed by atoms with van der Waals surface area (Å²) in [6.07, 6.45) is 0.317. The van der Waals surface area contributed by atoms with E-state index in [0.717, 1.165) is 24.3 Å². The van der Waals surface area contributed by atoms with Gasteiger partial charge in [0, 0.05) is 11.1 Å². The quantitative estimate of drug-likeness (QED) is 0.478. The first-order valence-corrected chi connectivity index (χ1v) is 7.95. The van der Waals surface area contributed by atoms with E-state index in [1.54, 1.807) is 0 Å². The van der Waals surface area contributed by atoms with Crippen LogP contribution in [0.5, 0.6) is 0 Å². The van der Waals surface area contributed by atoms with Crippen molar-refractivity contribution in [2.75, 3.05) is 6.54 Å². The van der Waals surface area contributed by atoms with Crippen LogP contribution in [0.15, 0.2) is 42.5 Å². The molecule has 0 aliphatic heterocycles. The lowest BCUT2D eigenvalue weighted by Crippen LogP contribution is -2.04. The van der Waals surface area contributed by atoms with Crippen molar-refractivity contribution in [3.8, 4) is 22.3 Å². The highest BCUT2D eigenvalue weighted by Crippen LogP contribution is 2.33. The minimum Gasteiger partial charge on any atom is -0.330 e. The van der Waals surface area contributed by atoms with E-state index in [1.807, 2.05) is 0 Å². The second-order valence-corrected chi connectivity index (χ2v) is 5.90. The van der Waals surface area contributed by atoms with Crippen molar-refractivity contribution in [3.63, 3.8) is 0 Å². The first-order chi connectivity index (χ1) is 12.8. The number of halogens is 6. The number of hydrogen-bond acceptors (Lipinski definition) is 1. The normalized spacial score (nSPS) is 11.1. The summed E-state index contributed by atoms with van der Waals surface area (Å²) in [6.45, 7) is 0.212. The molecule has 0 fully saturated rings. The largest absolute Gasteiger partial charge is 0.330 e. The number of hydrogen-bond donors (Lipinski definition) is 1. The number of benzene rings is 3. The van der Waals surface area contributed by atoms with Gasteiger partial charge in [0.05, 0.1) is 0 Å². The molecule has 1 nitrogen and oxygen atoms in total. The Morgan fingerprint density at radius 2 is 1.04 bits per heavy atom. The molecule has 0 heterocycles. The molecule has 0 bridgehead atoms. The second kappa shape index (κ2) is 7.44. The zero-order chi connectivity index (χ0) is 19.7. The van der Waals surface area contributed by atoms with Crippen LogP contribution < -0.4 is 5.73 Å². The Bertz CT molecular complexity index is 940. The van der Waals surface area contributed by atoms with Gasteiger partial charge in [-0.2, -0.15) is 0 Å². The predicted molar refractivity (Wildman–Crippen MR) is 89.8 cm³/mol. The summed E-state index contributed by atoms with van der Waals surface area (Å²) in [5, 5.41) is 0. The molecule has 140 valence electrons. The van der Waals surface area contributed by atoms with Crippen LogP contribution in [0.4, 0.5) is 26.3 Å². The van der Waals surface area contributed by atoms with Crippen molar-refractivity contribution in [1.82, 2.24) is 0 Å². The zero-order valence-electron chi connectivity index (χ0n) is 13.8. The topological polar surface area (TPSA) is 26.0 Å². The van der Waals surface area contributed by atoms with E-state index in [1.165, 1.54) is 18.2 Å². The second-order valence-electron chi connectivity index (χ2n) is 5.90. The Labute approximate surface area is 151 Å². The maximum Gasteiger partial charge on any atom is 0.195 e. The minimum absolute atomic E-state index is 0.122. The molecule has 3 rings (SSSR count). The lowest BCUT2D eigenvalue weighted by atomic mass is 9.94. The fourth-order valence-corrected chi connectivity index (χ4v) is 2.81.